The fourth-order valence-electron chi connectivity index (χ4n) is 3.51. The van der Waals surface area contributed by atoms with E-state index < -0.39 is 9.84 Å². The van der Waals surface area contributed by atoms with Crippen LogP contribution in [0.1, 0.15) is 59.3 Å². The maximum absolute atomic E-state index is 11.7. The molecule has 1 heterocycles. The largest absolute Gasteiger partial charge is 0.315 e. The third kappa shape index (κ3) is 5.22. The lowest BCUT2D eigenvalue weighted by molar-refractivity contribution is 0.0424. The van der Waals surface area contributed by atoms with Crippen LogP contribution in [0.25, 0.3) is 0 Å². The van der Waals surface area contributed by atoms with Gasteiger partial charge in [0.05, 0.1) is 5.75 Å². The van der Waals surface area contributed by atoms with Crippen molar-refractivity contribution >= 4 is 9.84 Å². The van der Waals surface area contributed by atoms with Crippen molar-refractivity contribution in [1.29, 1.82) is 0 Å². The summed E-state index contributed by atoms with van der Waals surface area (Å²) < 4.78 is 23.3. The van der Waals surface area contributed by atoms with Crippen molar-refractivity contribution in [2.75, 3.05) is 31.6 Å². The van der Waals surface area contributed by atoms with E-state index in [0.717, 1.165) is 19.3 Å². The molecule has 1 fully saturated rings. The number of hydrogen-bond donors (Lipinski definition) is 1. The third-order valence-electron chi connectivity index (χ3n) is 5.28. The lowest BCUT2D eigenvalue weighted by Gasteiger charge is -2.48. The summed E-state index contributed by atoms with van der Waals surface area (Å²) in [4.78, 5) is 2.62. The number of hydrogen-bond acceptors (Lipinski definition) is 4. The van der Waals surface area contributed by atoms with Crippen molar-refractivity contribution in [1.82, 2.24) is 10.2 Å². The Morgan fingerprint density at radius 1 is 1.19 bits per heavy atom. The van der Waals surface area contributed by atoms with Crippen molar-refractivity contribution < 1.29 is 8.42 Å². The molecule has 21 heavy (non-hydrogen) atoms. The molecule has 4 nitrogen and oxygen atoms in total. The normalized spacial score (nSPS) is 21.9. The maximum atomic E-state index is 11.7. The van der Waals surface area contributed by atoms with Crippen molar-refractivity contribution in [3.05, 3.63) is 0 Å². The van der Waals surface area contributed by atoms with Gasteiger partial charge < -0.3 is 5.32 Å². The number of likely N-dealkylation sites (N-methyl/N-ethyl adjacent to an activating group) is 1. The van der Waals surface area contributed by atoms with Crippen LogP contribution in [-0.4, -0.2) is 56.5 Å². The van der Waals surface area contributed by atoms with E-state index in [9.17, 15) is 8.42 Å². The fraction of sp³-hybridized carbons (Fsp3) is 1.00. The highest BCUT2D eigenvalue weighted by Gasteiger charge is 2.37. The van der Waals surface area contributed by atoms with Gasteiger partial charge in [-0.2, -0.15) is 0 Å². The van der Waals surface area contributed by atoms with Gasteiger partial charge in [-0.25, -0.2) is 8.42 Å². The Morgan fingerprint density at radius 3 is 2.29 bits per heavy atom. The van der Waals surface area contributed by atoms with Crippen LogP contribution in [0.2, 0.25) is 0 Å². The Balaban J connectivity index is 2.65. The summed E-state index contributed by atoms with van der Waals surface area (Å²) in [5.74, 6) is 0.579. The molecule has 126 valence electrons. The molecule has 0 aromatic rings. The van der Waals surface area contributed by atoms with Gasteiger partial charge in [-0.05, 0) is 59.2 Å². The predicted molar refractivity (Wildman–Crippen MR) is 90.5 cm³/mol. The molecule has 1 rings (SSSR count). The lowest BCUT2D eigenvalue weighted by atomic mass is 9.83. The van der Waals surface area contributed by atoms with Crippen LogP contribution in [0, 0.1) is 0 Å². The van der Waals surface area contributed by atoms with E-state index in [2.05, 4.69) is 24.1 Å². The highest BCUT2D eigenvalue weighted by molar-refractivity contribution is 7.91. The fourth-order valence-corrected chi connectivity index (χ4v) is 4.41. The Bertz CT molecular complexity index is 391. The highest BCUT2D eigenvalue weighted by atomic mass is 32.2. The average molecular weight is 319 g/mol. The van der Waals surface area contributed by atoms with E-state index in [-0.39, 0.29) is 11.3 Å². The number of sulfone groups is 1. The van der Waals surface area contributed by atoms with Gasteiger partial charge in [0.25, 0.3) is 0 Å². The molecule has 0 saturated carbocycles. The highest BCUT2D eigenvalue weighted by Crippen LogP contribution is 2.29. The minimum absolute atomic E-state index is 0.130. The molecule has 2 atom stereocenters. The minimum Gasteiger partial charge on any atom is -0.315 e. The van der Waals surface area contributed by atoms with Crippen molar-refractivity contribution in [3.63, 3.8) is 0 Å². The first kappa shape index (κ1) is 18.9. The van der Waals surface area contributed by atoms with Gasteiger partial charge >= 0.3 is 0 Å². The topological polar surface area (TPSA) is 49.4 Å². The van der Waals surface area contributed by atoms with E-state index in [4.69, 9.17) is 0 Å². The zero-order valence-corrected chi connectivity index (χ0v) is 15.1. The van der Waals surface area contributed by atoms with Crippen LogP contribution < -0.4 is 5.32 Å². The quantitative estimate of drug-likeness (QED) is 0.709. The molecule has 0 aliphatic carbocycles. The predicted octanol–water partition coefficient (Wildman–Crippen LogP) is 2.44. The second-order valence-electron chi connectivity index (χ2n) is 6.48. The second-order valence-corrected chi connectivity index (χ2v) is 8.95. The summed E-state index contributed by atoms with van der Waals surface area (Å²) in [6.45, 7) is 8.68. The van der Waals surface area contributed by atoms with Gasteiger partial charge in [-0.15, -0.1) is 0 Å². The van der Waals surface area contributed by atoms with Crippen LogP contribution in [0.3, 0.4) is 0 Å². The van der Waals surface area contributed by atoms with Gasteiger partial charge in [-0.1, -0.05) is 20.3 Å². The zero-order valence-electron chi connectivity index (χ0n) is 14.3. The molecule has 1 aliphatic rings. The van der Waals surface area contributed by atoms with Gasteiger partial charge in [0.2, 0.25) is 0 Å². The number of piperidine rings is 1. The molecule has 1 saturated heterocycles. The Hall–Kier alpha value is -0.130. The molecular weight excluding hydrogens is 284 g/mol. The molecule has 0 aromatic heterocycles. The molecule has 0 aromatic carbocycles. The van der Waals surface area contributed by atoms with Crippen LogP contribution in [0.4, 0.5) is 0 Å². The van der Waals surface area contributed by atoms with Gasteiger partial charge in [0.1, 0.15) is 9.84 Å². The van der Waals surface area contributed by atoms with E-state index >= 15 is 0 Å². The van der Waals surface area contributed by atoms with E-state index in [1.54, 1.807) is 6.92 Å². The van der Waals surface area contributed by atoms with Crippen molar-refractivity contribution in [2.45, 2.75) is 70.9 Å². The van der Waals surface area contributed by atoms with Crippen LogP contribution >= 0.6 is 0 Å². The van der Waals surface area contributed by atoms with Crippen LogP contribution in [0.15, 0.2) is 0 Å². The monoisotopic (exact) mass is 318 g/mol. The summed E-state index contributed by atoms with van der Waals surface area (Å²) in [6, 6.07) is 0.354. The van der Waals surface area contributed by atoms with E-state index in [1.807, 2.05) is 7.05 Å². The summed E-state index contributed by atoms with van der Waals surface area (Å²) in [5, 5.41) is 3.46. The minimum atomic E-state index is -2.84. The number of nitrogens with zero attached hydrogens (tertiary/aromatic N) is 1. The van der Waals surface area contributed by atoms with Crippen molar-refractivity contribution in [2.24, 2.45) is 0 Å². The number of likely N-dealkylation sites (tertiary alicyclic amines) is 1. The Kier molecular flexibility index (Phi) is 7.65. The molecule has 5 heteroatoms. The molecular formula is C16H34N2O2S. The molecule has 0 bridgehead atoms. The molecule has 0 radical (unpaired) electrons. The third-order valence-corrected chi connectivity index (χ3v) is 7.07. The standard InChI is InChI=1S/C16H34N2O2S/c1-5-16(3,18-12-8-7-9-13-18)15(17-4)11-10-14-21(19,20)6-2/h15,17H,5-14H2,1-4H3. The number of rotatable bonds is 9. The first-order chi connectivity index (χ1) is 9.89. The molecule has 0 amide bonds. The van der Waals surface area contributed by atoms with Crippen molar-refractivity contribution in [3.8, 4) is 0 Å². The second kappa shape index (κ2) is 8.49. The SMILES string of the molecule is CCC(C)(C(CCCS(=O)(=O)CC)NC)N1CCCCC1. The maximum Gasteiger partial charge on any atom is 0.150 e. The molecule has 0 spiro atoms. The van der Waals surface area contributed by atoms with E-state index in [1.165, 1.54) is 32.4 Å². The summed E-state index contributed by atoms with van der Waals surface area (Å²) in [6.07, 6.45) is 6.70. The Morgan fingerprint density at radius 2 is 1.81 bits per heavy atom. The van der Waals surface area contributed by atoms with Gasteiger partial charge in [0, 0.05) is 17.3 Å². The zero-order chi connectivity index (χ0) is 15.9. The van der Waals surface area contributed by atoms with E-state index in [0.29, 0.717) is 11.8 Å². The molecule has 1 aliphatic heterocycles. The Labute approximate surface area is 131 Å². The summed E-state index contributed by atoms with van der Waals surface area (Å²) in [5.41, 5.74) is 0.130. The van der Waals surface area contributed by atoms with Gasteiger partial charge in [-0.3, -0.25) is 4.90 Å². The first-order valence-corrected chi connectivity index (χ1v) is 10.3. The molecule has 2 unspecified atom stereocenters. The first-order valence-electron chi connectivity index (χ1n) is 8.52. The lowest BCUT2D eigenvalue weighted by Crippen LogP contribution is -2.59. The summed E-state index contributed by atoms with van der Waals surface area (Å²) in [7, 11) is -0.831. The van der Waals surface area contributed by atoms with Gasteiger partial charge in [0.15, 0.2) is 0 Å². The molecule has 1 N–H and O–H groups in total. The van der Waals surface area contributed by atoms with Crippen LogP contribution in [0.5, 0.6) is 0 Å². The number of nitrogens with one attached hydrogen (secondary N) is 1. The summed E-state index contributed by atoms with van der Waals surface area (Å²) >= 11 is 0. The van der Waals surface area contributed by atoms with Crippen LogP contribution in [-0.2, 0) is 9.84 Å². The average Bonchev–Trinajstić information content (AvgIpc) is 2.51. The smallest absolute Gasteiger partial charge is 0.150 e.